The van der Waals surface area contributed by atoms with Crippen LogP contribution in [-0.2, 0) is 9.05 Å². The molecule has 0 N–H and O–H groups in total. The second-order valence-corrected chi connectivity index (χ2v) is 6.35. The number of rotatable bonds is 2. The molecule has 1 atom stereocenters. The van der Waals surface area contributed by atoms with Gasteiger partial charge < -0.3 is 0 Å². The van der Waals surface area contributed by atoms with Gasteiger partial charge in [0.2, 0.25) is 15.0 Å². The second-order valence-electron chi connectivity index (χ2n) is 3.52. The van der Waals surface area contributed by atoms with Crippen molar-refractivity contribution in [3.8, 4) is 0 Å². The molecule has 0 spiro atoms. The topological polar surface area (TPSA) is 34.1 Å². The molecule has 6 heteroatoms. The first-order valence-corrected chi connectivity index (χ1v) is 6.56. The molecule has 1 aliphatic carbocycles. The lowest BCUT2D eigenvalue weighted by molar-refractivity contribution is -0.0488. The van der Waals surface area contributed by atoms with E-state index in [1.165, 1.54) is 0 Å². The van der Waals surface area contributed by atoms with E-state index in [-0.39, 0.29) is 18.6 Å². The summed E-state index contributed by atoms with van der Waals surface area (Å²) in [6, 6.07) is 0. The van der Waals surface area contributed by atoms with E-state index in [1.54, 1.807) is 0 Å². The van der Waals surface area contributed by atoms with Crippen LogP contribution in [0.4, 0.5) is 8.78 Å². The van der Waals surface area contributed by atoms with Crippen LogP contribution in [-0.4, -0.2) is 20.1 Å². The minimum Gasteiger partial charge on any atom is -0.212 e. The highest BCUT2D eigenvalue weighted by Crippen LogP contribution is 2.37. The van der Waals surface area contributed by atoms with Gasteiger partial charge >= 0.3 is 0 Å². The summed E-state index contributed by atoms with van der Waals surface area (Å²) in [5.41, 5.74) is 0. The van der Waals surface area contributed by atoms with E-state index < -0.39 is 20.9 Å². The molecule has 0 heterocycles. The molecule has 78 valence electrons. The molecule has 0 radical (unpaired) electrons. The number of hydrogen-bond donors (Lipinski definition) is 0. The van der Waals surface area contributed by atoms with Gasteiger partial charge in [0.15, 0.2) is 0 Å². The maximum Gasteiger partial charge on any atom is 0.248 e. The van der Waals surface area contributed by atoms with Crippen LogP contribution in [0.25, 0.3) is 0 Å². The Morgan fingerprint density at radius 3 is 2.54 bits per heavy atom. The van der Waals surface area contributed by atoms with Gasteiger partial charge in [-0.25, -0.2) is 17.2 Å². The molecule has 0 unspecified atom stereocenters. The van der Waals surface area contributed by atoms with Gasteiger partial charge in [-0.2, -0.15) is 0 Å². The fourth-order valence-corrected chi connectivity index (χ4v) is 3.08. The largest absolute Gasteiger partial charge is 0.248 e. The van der Waals surface area contributed by atoms with Crippen LogP contribution in [0.1, 0.15) is 25.7 Å². The van der Waals surface area contributed by atoms with Crippen LogP contribution in [0.15, 0.2) is 0 Å². The van der Waals surface area contributed by atoms with E-state index in [4.69, 9.17) is 10.7 Å². The van der Waals surface area contributed by atoms with Crippen LogP contribution in [0, 0.1) is 5.92 Å². The summed E-state index contributed by atoms with van der Waals surface area (Å²) < 4.78 is 46.8. The van der Waals surface area contributed by atoms with E-state index in [9.17, 15) is 17.2 Å². The van der Waals surface area contributed by atoms with Crippen LogP contribution in [0.5, 0.6) is 0 Å². The number of halogens is 3. The third kappa shape index (κ3) is 4.22. The summed E-state index contributed by atoms with van der Waals surface area (Å²) in [4.78, 5) is 0. The SMILES string of the molecule is O=S(=O)(Cl)C[C@@H]1CCCC(F)(F)C1. The van der Waals surface area contributed by atoms with Crippen molar-refractivity contribution in [2.75, 3.05) is 5.75 Å². The van der Waals surface area contributed by atoms with Crippen LogP contribution < -0.4 is 0 Å². The zero-order valence-corrected chi connectivity index (χ0v) is 8.54. The highest BCUT2D eigenvalue weighted by Gasteiger charge is 2.37. The van der Waals surface area contributed by atoms with Crippen molar-refractivity contribution in [2.24, 2.45) is 5.92 Å². The first-order chi connectivity index (χ1) is 5.79. The molecule has 0 aromatic carbocycles. The summed E-state index contributed by atoms with van der Waals surface area (Å²) in [5.74, 6) is -3.51. The maximum atomic E-state index is 12.8. The average Bonchev–Trinajstić information content (AvgIpc) is 1.79. The molecule has 0 amide bonds. The van der Waals surface area contributed by atoms with Crippen LogP contribution >= 0.6 is 10.7 Å². The molecule has 0 aromatic rings. The highest BCUT2D eigenvalue weighted by atomic mass is 35.7. The molecule has 1 saturated carbocycles. The number of alkyl halides is 2. The minimum absolute atomic E-state index is 0.133. The lowest BCUT2D eigenvalue weighted by atomic mass is 9.88. The monoisotopic (exact) mass is 232 g/mol. The summed E-state index contributed by atoms with van der Waals surface area (Å²) in [6.07, 6.45) is 0.427. The molecule has 0 bridgehead atoms. The maximum absolute atomic E-state index is 12.8. The minimum atomic E-state index is -3.64. The van der Waals surface area contributed by atoms with E-state index in [0.29, 0.717) is 12.8 Å². The smallest absolute Gasteiger partial charge is 0.212 e. The third-order valence-electron chi connectivity index (χ3n) is 2.18. The predicted octanol–water partition coefficient (Wildman–Crippen LogP) is 2.38. The van der Waals surface area contributed by atoms with E-state index >= 15 is 0 Å². The van der Waals surface area contributed by atoms with Gasteiger partial charge in [0, 0.05) is 23.5 Å². The van der Waals surface area contributed by atoms with Gasteiger partial charge in [-0.15, -0.1) is 0 Å². The Bertz CT molecular complexity index is 276. The molecule has 13 heavy (non-hydrogen) atoms. The van der Waals surface area contributed by atoms with Crippen molar-refractivity contribution < 1.29 is 17.2 Å². The second kappa shape index (κ2) is 3.69. The Kier molecular flexibility index (Phi) is 3.17. The molecule has 1 aliphatic rings. The molecular weight excluding hydrogens is 222 g/mol. The highest BCUT2D eigenvalue weighted by molar-refractivity contribution is 8.13. The fourth-order valence-electron chi connectivity index (χ4n) is 1.70. The van der Waals surface area contributed by atoms with Crippen LogP contribution in [0.3, 0.4) is 0 Å². The quantitative estimate of drug-likeness (QED) is 0.685. The van der Waals surface area contributed by atoms with E-state index in [2.05, 4.69) is 0 Å². The fraction of sp³-hybridized carbons (Fsp3) is 1.00. The molecular formula is C7H11ClF2O2S. The molecule has 1 fully saturated rings. The van der Waals surface area contributed by atoms with Crippen molar-refractivity contribution in [1.82, 2.24) is 0 Å². The van der Waals surface area contributed by atoms with E-state index in [1.807, 2.05) is 0 Å². The third-order valence-corrected chi connectivity index (χ3v) is 3.42. The summed E-state index contributed by atoms with van der Waals surface area (Å²) >= 11 is 0. The average molecular weight is 233 g/mol. The lowest BCUT2D eigenvalue weighted by Crippen LogP contribution is -2.29. The Hall–Kier alpha value is 0.1000. The standard InChI is InChI=1S/C7H11ClF2O2S/c8-13(11,12)5-6-2-1-3-7(9,10)4-6/h6H,1-5H2/t6-/m1/s1. The van der Waals surface area contributed by atoms with Crippen molar-refractivity contribution in [3.05, 3.63) is 0 Å². The Morgan fingerprint density at radius 2 is 2.08 bits per heavy atom. The van der Waals surface area contributed by atoms with Crippen molar-refractivity contribution in [1.29, 1.82) is 0 Å². The Morgan fingerprint density at radius 1 is 1.46 bits per heavy atom. The van der Waals surface area contributed by atoms with Crippen molar-refractivity contribution >= 4 is 19.7 Å². The van der Waals surface area contributed by atoms with Gasteiger partial charge in [0.05, 0.1) is 5.75 Å². The molecule has 0 aromatic heterocycles. The van der Waals surface area contributed by atoms with Crippen molar-refractivity contribution in [3.63, 3.8) is 0 Å². The first kappa shape index (κ1) is 11.2. The van der Waals surface area contributed by atoms with Gasteiger partial charge in [0.1, 0.15) is 0 Å². The molecule has 0 saturated heterocycles. The molecule has 1 rings (SSSR count). The zero-order valence-electron chi connectivity index (χ0n) is 6.97. The Balaban J connectivity index is 2.53. The molecule has 0 aliphatic heterocycles. The van der Waals surface area contributed by atoms with Gasteiger partial charge in [-0.05, 0) is 18.8 Å². The zero-order chi connectivity index (χ0) is 10.1. The normalized spacial score (nSPS) is 28.7. The van der Waals surface area contributed by atoms with Gasteiger partial charge in [-0.1, -0.05) is 0 Å². The van der Waals surface area contributed by atoms with Crippen LogP contribution in [0.2, 0.25) is 0 Å². The van der Waals surface area contributed by atoms with E-state index in [0.717, 1.165) is 0 Å². The number of hydrogen-bond acceptors (Lipinski definition) is 2. The predicted molar refractivity (Wildman–Crippen MR) is 46.5 cm³/mol. The summed E-state index contributed by atoms with van der Waals surface area (Å²) in [7, 11) is 1.35. The summed E-state index contributed by atoms with van der Waals surface area (Å²) in [6.45, 7) is 0. The summed E-state index contributed by atoms with van der Waals surface area (Å²) in [5, 5.41) is 0. The molecule has 2 nitrogen and oxygen atoms in total. The van der Waals surface area contributed by atoms with Gasteiger partial charge in [0.25, 0.3) is 0 Å². The van der Waals surface area contributed by atoms with Gasteiger partial charge in [-0.3, -0.25) is 0 Å². The Labute approximate surface area is 80.7 Å². The first-order valence-electron chi connectivity index (χ1n) is 4.09. The lowest BCUT2D eigenvalue weighted by Gasteiger charge is -2.27. The van der Waals surface area contributed by atoms with Crippen molar-refractivity contribution in [2.45, 2.75) is 31.6 Å².